The van der Waals surface area contributed by atoms with Crippen molar-refractivity contribution in [2.75, 3.05) is 25.5 Å². The largest absolute Gasteiger partial charge is 0.383 e. The van der Waals surface area contributed by atoms with E-state index in [1.54, 1.807) is 36.8 Å². The first kappa shape index (κ1) is 17.2. The Bertz CT molecular complexity index is 943. The minimum Gasteiger partial charge on any atom is -0.383 e. The third-order valence-corrected chi connectivity index (χ3v) is 7.07. The van der Waals surface area contributed by atoms with E-state index in [4.69, 9.17) is 11.6 Å². The molecule has 0 amide bonds. The third kappa shape index (κ3) is 3.54. The van der Waals surface area contributed by atoms with E-state index >= 15 is 0 Å². The maximum Gasteiger partial charge on any atom is 0.252 e. The van der Waals surface area contributed by atoms with Gasteiger partial charge >= 0.3 is 0 Å². The lowest BCUT2D eigenvalue weighted by Gasteiger charge is -2.17. The molecule has 5 nitrogen and oxygen atoms in total. The molecule has 2 aromatic heterocycles. The van der Waals surface area contributed by atoms with Crippen LogP contribution in [0.15, 0.2) is 52.2 Å². The summed E-state index contributed by atoms with van der Waals surface area (Å²) in [5.41, 5.74) is 1.72. The quantitative estimate of drug-likeness (QED) is 0.707. The number of nitrogens with one attached hydrogen (secondary N) is 1. The van der Waals surface area contributed by atoms with Gasteiger partial charge in [0.15, 0.2) is 0 Å². The number of hydrogen-bond acceptors (Lipinski definition) is 5. The molecule has 0 bridgehead atoms. The molecule has 0 saturated heterocycles. The predicted octanol–water partition coefficient (Wildman–Crippen LogP) is 3.68. The zero-order valence-electron chi connectivity index (χ0n) is 12.9. The van der Waals surface area contributed by atoms with Gasteiger partial charge in [0.25, 0.3) is 10.0 Å². The number of aromatic nitrogens is 1. The summed E-state index contributed by atoms with van der Waals surface area (Å²) in [5.74, 6) is 0. The second kappa shape index (κ2) is 7.06. The van der Waals surface area contributed by atoms with E-state index < -0.39 is 10.0 Å². The summed E-state index contributed by atoms with van der Waals surface area (Å²) in [6, 6.07) is 10.7. The van der Waals surface area contributed by atoms with Crippen molar-refractivity contribution in [3.05, 3.63) is 53.0 Å². The Labute approximate surface area is 149 Å². The van der Waals surface area contributed by atoms with Gasteiger partial charge in [-0.25, -0.2) is 8.42 Å². The van der Waals surface area contributed by atoms with E-state index in [1.807, 2.05) is 18.2 Å². The zero-order valence-corrected chi connectivity index (χ0v) is 15.3. The van der Waals surface area contributed by atoms with Crippen LogP contribution in [0.1, 0.15) is 0 Å². The summed E-state index contributed by atoms with van der Waals surface area (Å²) < 4.78 is 26.4. The maximum atomic E-state index is 12.4. The topological polar surface area (TPSA) is 62.3 Å². The highest BCUT2D eigenvalue weighted by Gasteiger charge is 2.21. The zero-order chi connectivity index (χ0) is 17.2. The lowest BCUT2D eigenvalue weighted by atomic mass is 10.2. The van der Waals surface area contributed by atoms with Crippen LogP contribution in [0.4, 0.5) is 5.69 Å². The van der Waals surface area contributed by atoms with E-state index in [0.717, 1.165) is 16.6 Å². The van der Waals surface area contributed by atoms with Crippen molar-refractivity contribution >= 4 is 49.6 Å². The minimum atomic E-state index is -3.42. The van der Waals surface area contributed by atoms with Crippen molar-refractivity contribution < 1.29 is 8.42 Å². The number of fused-ring (bicyclic) bond motifs is 1. The van der Waals surface area contributed by atoms with Gasteiger partial charge in [-0.05, 0) is 35.7 Å². The Morgan fingerprint density at radius 3 is 2.88 bits per heavy atom. The van der Waals surface area contributed by atoms with Crippen LogP contribution in [0.3, 0.4) is 0 Å². The molecule has 24 heavy (non-hydrogen) atoms. The minimum absolute atomic E-state index is 0.352. The van der Waals surface area contributed by atoms with E-state index in [9.17, 15) is 8.42 Å². The Kier molecular flexibility index (Phi) is 5.05. The number of pyridine rings is 1. The molecule has 0 aliphatic heterocycles. The molecule has 0 aliphatic carbocycles. The SMILES string of the molecule is CN(CCNc1ccnc2ccc(Cl)cc12)S(=O)(=O)c1cccs1. The molecule has 126 valence electrons. The van der Waals surface area contributed by atoms with Crippen LogP contribution in [-0.4, -0.2) is 37.8 Å². The fourth-order valence-electron chi connectivity index (χ4n) is 2.30. The number of nitrogens with zero attached hydrogens (tertiary/aromatic N) is 2. The molecule has 8 heteroatoms. The lowest BCUT2D eigenvalue weighted by Crippen LogP contribution is -2.31. The molecule has 0 fully saturated rings. The summed E-state index contributed by atoms with van der Waals surface area (Å²) in [6.45, 7) is 0.831. The monoisotopic (exact) mass is 381 g/mol. The molecule has 0 unspecified atom stereocenters. The summed E-state index contributed by atoms with van der Waals surface area (Å²) in [7, 11) is -1.84. The fourth-order valence-corrected chi connectivity index (χ4v) is 4.85. The summed E-state index contributed by atoms with van der Waals surface area (Å²) in [6.07, 6.45) is 1.71. The number of hydrogen-bond donors (Lipinski definition) is 1. The first-order valence-corrected chi connectivity index (χ1v) is 9.96. The molecular formula is C16H16ClN3O2S2. The first-order chi connectivity index (χ1) is 11.5. The van der Waals surface area contributed by atoms with Gasteiger partial charge in [-0.2, -0.15) is 4.31 Å². The number of likely N-dealkylation sites (N-methyl/N-ethyl adjacent to an activating group) is 1. The molecule has 1 aromatic carbocycles. The highest BCUT2D eigenvalue weighted by molar-refractivity contribution is 7.91. The second-order valence-corrected chi connectivity index (χ2v) is 8.86. The Morgan fingerprint density at radius 2 is 2.12 bits per heavy atom. The normalized spacial score (nSPS) is 12.0. The first-order valence-electron chi connectivity index (χ1n) is 7.26. The average Bonchev–Trinajstić information content (AvgIpc) is 3.10. The van der Waals surface area contributed by atoms with Crippen molar-refractivity contribution in [2.45, 2.75) is 4.21 Å². The van der Waals surface area contributed by atoms with Gasteiger partial charge in [-0.1, -0.05) is 17.7 Å². The Morgan fingerprint density at radius 1 is 1.29 bits per heavy atom. The maximum absolute atomic E-state index is 12.4. The van der Waals surface area contributed by atoms with Crippen LogP contribution in [0, 0.1) is 0 Å². The van der Waals surface area contributed by atoms with Crippen LogP contribution in [0.2, 0.25) is 5.02 Å². The highest BCUT2D eigenvalue weighted by atomic mass is 35.5. The van der Waals surface area contributed by atoms with Gasteiger partial charge in [0.1, 0.15) is 4.21 Å². The van der Waals surface area contributed by atoms with Crippen LogP contribution < -0.4 is 5.32 Å². The molecule has 2 heterocycles. The highest BCUT2D eigenvalue weighted by Crippen LogP contribution is 2.25. The summed E-state index contributed by atoms with van der Waals surface area (Å²) in [5, 5.41) is 6.56. The van der Waals surface area contributed by atoms with Gasteiger partial charge in [0, 0.05) is 42.4 Å². The van der Waals surface area contributed by atoms with Crippen molar-refractivity contribution in [3.63, 3.8) is 0 Å². The van der Waals surface area contributed by atoms with E-state index in [-0.39, 0.29) is 0 Å². The number of thiophene rings is 1. The second-order valence-electron chi connectivity index (χ2n) is 5.21. The Hall–Kier alpha value is -1.67. The van der Waals surface area contributed by atoms with Crippen molar-refractivity contribution in [2.24, 2.45) is 0 Å². The Balaban J connectivity index is 1.70. The van der Waals surface area contributed by atoms with Crippen molar-refractivity contribution in [1.29, 1.82) is 0 Å². The smallest absolute Gasteiger partial charge is 0.252 e. The molecule has 0 atom stereocenters. The van der Waals surface area contributed by atoms with Crippen molar-refractivity contribution in [3.8, 4) is 0 Å². The molecule has 3 aromatic rings. The van der Waals surface area contributed by atoms with Crippen LogP contribution in [0.5, 0.6) is 0 Å². The molecule has 1 N–H and O–H groups in total. The van der Waals surface area contributed by atoms with E-state index in [2.05, 4.69) is 10.3 Å². The molecule has 0 saturated carbocycles. The van der Waals surface area contributed by atoms with Gasteiger partial charge in [-0.3, -0.25) is 4.98 Å². The molecule has 0 radical (unpaired) electrons. The van der Waals surface area contributed by atoms with Crippen LogP contribution >= 0.6 is 22.9 Å². The number of anilines is 1. The number of rotatable bonds is 6. The molecule has 3 rings (SSSR count). The molecule has 0 aliphatic rings. The van der Waals surface area contributed by atoms with Gasteiger partial charge in [0.05, 0.1) is 5.52 Å². The van der Waals surface area contributed by atoms with E-state index in [0.29, 0.717) is 22.3 Å². The third-order valence-electron chi connectivity index (χ3n) is 3.61. The number of benzene rings is 1. The lowest BCUT2D eigenvalue weighted by molar-refractivity contribution is 0.482. The summed E-state index contributed by atoms with van der Waals surface area (Å²) >= 11 is 7.27. The number of sulfonamides is 1. The van der Waals surface area contributed by atoms with E-state index in [1.165, 1.54) is 15.6 Å². The van der Waals surface area contributed by atoms with Crippen LogP contribution in [-0.2, 0) is 10.0 Å². The van der Waals surface area contributed by atoms with Gasteiger partial charge < -0.3 is 5.32 Å². The molecule has 0 spiro atoms. The van der Waals surface area contributed by atoms with Gasteiger partial charge in [0.2, 0.25) is 0 Å². The van der Waals surface area contributed by atoms with Gasteiger partial charge in [-0.15, -0.1) is 11.3 Å². The average molecular weight is 382 g/mol. The van der Waals surface area contributed by atoms with Crippen molar-refractivity contribution in [1.82, 2.24) is 9.29 Å². The summed E-state index contributed by atoms with van der Waals surface area (Å²) in [4.78, 5) is 4.30. The molecular weight excluding hydrogens is 366 g/mol. The fraction of sp³-hybridized carbons (Fsp3) is 0.188. The predicted molar refractivity (Wildman–Crippen MR) is 99.4 cm³/mol. The standard InChI is InChI=1S/C16H16ClN3O2S2/c1-20(24(21,22)16-3-2-10-23-16)9-8-19-15-6-7-18-14-5-4-12(17)11-13(14)15/h2-7,10-11H,8-9H2,1H3,(H,18,19). The number of halogens is 1. The van der Waals surface area contributed by atoms with Crippen LogP contribution in [0.25, 0.3) is 10.9 Å².